The molecule has 0 amide bonds. The molecular formula is C11H18N4O3. The molecule has 2 unspecified atom stereocenters. The van der Waals surface area contributed by atoms with Crippen LogP contribution in [-0.4, -0.2) is 38.8 Å². The fourth-order valence-electron chi connectivity index (χ4n) is 2.38. The Labute approximate surface area is 105 Å². The molecule has 0 aliphatic carbocycles. The van der Waals surface area contributed by atoms with E-state index in [2.05, 4.69) is 4.98 Å². The molecule has 7 nitrogen and oxygen atoms in total. The van der Waals surface area contributed by atoms with Crippen molar-refractivity contribution in [3.05, 3.63) is 15.9 Å². The summed E-state index contributed by atoms with van der Waals surface area (Å²) in [6.45, 7) is 4.93. The Morgan fingerprint density at radius 1 is 1.56 bits per heavy atom. The van der Waals surface area contributed by atoms with Crippen LogP contribution >= 0.6 is 0 Å². The van der Waals surface area contributed by atoms with E-state index in [1.807, 2.05) is 11.8 Å². The first kappa shape index (κ1) is 12.8. The quantitative estimate of drug-likeness (QED) is 0.624. The number of piperidine rings is 1. The molecule has 1 aromatic heterocycles. The van der Waals surface area contributed by atoms with E-state index in [4.69, 9.17) is 0 Å². The molecule has 0 spiro atoms. The third kappa shape index (κ3) is 2.05. The normalized spacial score (nSPS) is 24.3. The number of nitrogens with zero attached hydrogens (tertiary/aromatic N) is 4. The Kier molecular flexibility index (Phi) is 3.25. The smallest absolute Gasteiger partial charge is 0.393 e. The van der Waals surface area contributed by atoms with Crippen molar-refractivity contribution >= 4 is 11.6 Å². The lowest BCUT2D eigenvalue weighted by Crippen LogP contribution is -2.42. The highest BCUT2D eigenvalue weighted by molar-refractivity contribution is 5.56. The number of imidazole rings is 1. The summed E-state index contributed by atoms with van der Waals surface area (Å²) in [7, 11) is 1.78. The number of hydrogen-bond donors (Lipinski definition) is 1. The van der Waals surface area contributed by atoms with Crippen LogP contribution in [0.15, 0.2) is 0 Å². The molecule has 2 rings (SSSR count). The van der Waals surface area contributed by atoms with Crippen molar-refractivity contribution in [2.24, 2.45) is 13.0 Å². The molecule has 0 aromatic carbocycles. The van der Waals surface area contributed by atoms with Gasteiger partial charge in [0.15, 0.2) is 0 Å². The molecule has 7 heteroatoms. The van der Waals surface area contributed by atoms with E-state index in [1.54, 1.807) is 18.5 Å². The Morgan fingerprint density at radius 2 is 2.22 bits per heavy atom. The van der Waals surface area contributed by atoms with Crippen LogP contribution in [0.4, 0.5) is 11.6 Å². The van der Waals surface area contributed by atoms with Gasteiger partial charge in [-0.2, -0.15) is 0 Å². The molecule has 18 heavy (non-hydrogen) atoms. The maximum absolute atomic E-state index is 11.0. The lowest BCUT2D eigenvalue weighted by Gasteiger charge is -2.35. The van der Waals surface area contributed by atoms with Crippen molar-refractivity contribution < 1.29 is 10.0 Å². The minimum Gasteiger partial charge on any atom is -0.393 e. The van der Waals surface area contributed by atoms with Crippen LogP contribution < -0.4 is 4.90 Å². The third-order valence-corrected chi connectivity index (χ3v) is 3.60. The molecule has 1 saturated heterocycles. The lowest BCUT2D eigenvalue weighted by atomic mass is 9.97. The number of hydrogen-bond acceptors (Lipinski definition) is 5. The predicted molar refractivity (Wildman–Crippen MR) is 66.6 cm³/mol. The van der Waals surface area contributed by atoms with Crippen molar-refractivity contribution in [2.45, 2.75) is 26.4 Å². The van der Waals surface area contributed by atoms with Crippen LogP contribution in [0, 0.1) is 23.0 Å². The van der Waals surface area contributed by atoms with Crippen molar-refractivity contribution in [1.29, 1.82) is 0 Å². The van der Waals surface area contributed by atoms with E-state index >= 15 is 0 Å². The van der Waals surface area contributed by atoms with Gasteiger partial charge in [0.05, 0.1) is 6.10 Å². The highest BCUT2D eigenvalue weighted by Crippen LogP contribution is 2.31. The minimum absolute atomic E-state index is 0.0985. The van der Waals surface area contributed by atoms with Crippen LogP contribution in [0.2, 0.25) is 0 Å². The monoisotopic (exact) mass is 254 g/mol. The number of anilines is 1. The predicted octanol–water partition coefficient (Wildman–Crippen LogP) is 0.844. The Balaban J connectivity index is 2.36. The molecule has 100 valence electrons. The van der Waals surface area contributed by atoms with Gasteiger partial charge in [0.2, 0.25) is 11.6 Å². The largest absolute Gasteiger partial charge is 0.406 e. The average Bonchev–Trinajstić information content (AvgIpc) is 2.60. The van der Waals surface area contributed by atoms with Gasteiger partial charge in [-0.15, -0.1) is 0 Å². The number of aliphatic hydroxyl groups is 1. The van der Waals surface area contributed by atoms with Gasteiger partial charge in [0.1, 0.15) is 0 Å². The van der Waals surface area contributed by atoms with Gasteiger partial charge in [-0.3, -0.25) is 4.57 Å². The van der Waals surface area contributed by atoms with Crippen molar-refractivity contribution in [3.8, 4) is 0 Å². The lowest BCUT2D eigenvalue weighted by molar-refractivity contribution is -0.388. The highest BCUT2D eigenvalue weighted by atomic mass is 16.6. The highest BCUT2D eigenvalue weighted by Gasteiger charge is 2.32. The molecule has 2 heterocycles. The summed E-state index contributed by atoms with van der Waals surface area (Å²) in [6.07, 6.45) is 0.303. The summed E-state index contributed by atoms with van der Waals surface area (Å²) in [4.78, 5) is 16.5. The van der Waals surface area contributed by atoms with Crippen LogP contribution in [-0.2, 0) is 7.05 Å². The van der Waals surface area contributed by atoms with Gasteiger partial charge in [-0.1, -0.05) is 6.92 Å². The maximum Gasteiger partial charge on any atom is 0.406 e. The zero-order chi connectivity index (χ0) is 13.4. The van der Waals surface area contributed by atoms with Crippen LogP contribution in [0.5, 0.6) is 0 Å². The first-order valence-corrected chi connectivity index (χ1v) is 6.02. The second-order valence-corrected chi connectivity index (χ2v) is 4.90. The third-order valence-electron chi connectivity index (χ3n) is 3.60. The fraction of sp³-hybridized carbons (Fsp3) is 0.727. The van der Waals surface area contributed by atoms with E-state index < -0.39 is 4.92 Å². The van der Waals surface area contributed by atoms with Gasteiger partial charge in [-0.05, 0) is 22.2 Å². The SMILES string of the molecule is Cc1nc([N+](=O)[O-])c(N2CCC(O)C(C)C2)n1C. The first-order valence-electron chi connectivity index (χ1n) is 6.02. The molecule has 1 N–H and O–H groups in total. The van der Waals surface area contributed by atoms with Crippen LogP contribution in [0.1, 0.15) is 19.2 Å². The molecule has 1 aliphatic heterocycles. The van der Waals surface area contributed by atoms with Crippen molar-refractivity contribution in [1.82, 2.24) is 9.55 Å². The average molecular weight is 254 g/mol. The molecule has 0 saturated carbocycles. The minimum atomic E-state index is -0.446. The van der Waals surface area contributed by atoms with E-state index in [1.165, 1.54) is 0 Å². The molecule has 1 fully saturated rings. The Bertz CT molecular complexity index is 471. The fourth-order valence-corrected chi connectivity index (χ4v) is 2.38. The first-order chi connectivity index (χ1) is 8.41. The summed E-state index contributed by atoms with van der Waals surface area (Å²) in [5, 5.41) is 20.7. The number of aryl methyl sites for hydroxylation is 1. The Hall–Kier alpha value is -1.63. The number of nitro groups is 1. The van der Waals surface area contributed by atoms with Crippen molar-refractivity contribution in [2.75, 3.05) is 18.0 Å². The summed E-state index contributed by atoms with van der Waals surface area (Å²) in [5.74, 6) is 1.17. The summed E-state index contributed by atoms with van der Waals surface area (Å²) in [5.41, 5.74) is 0. The molecule has 0 bridgehead atoms. The van der Waals surface area contributed by atoms with Gasteiger partial charge in [0, 0.05) is 27.1 Å². The standard InChI is InChI=1S/C11H18N4O3/c1-7-6-14(5-4-9(7)16)11-10(15(17)18)12-8(2)13(11)3/h7,9,16H,4-6H2,1-3H3. The second-order valence-electron chi connectivity index (χ2n) is 4.90. The summed E-state index contributed by atoms with van der Waals surface area (Å²) in [6, 6.07) is 0. The zero-order valence-electron chi connectivity index (χ0n) is 10.8. The Morgan fingerprint density at radius 3 is 2.78 bits per heavy atom. The molecule has 1 aromatic rings. The number of aliphatic hydroxyl groups excluding tert-OH is 1. The number of rotatable bonds is 2. The van der Waals surface area contributed by atoms with Gasteiger partial charge >= 0.3 is 5.82 Å². The molecule has 1 aliphatic rings. The maximum atomic E-state index is 11.0. The van der Waals surface area contributed by atoms with Gasteiger partial charge < -0.3 is 20.1 Å². The summed E-state index contributed by atoms with van der Waals surface area (Å²) < 4.78 is 1.74. The van der Waals surface area contributed by atoms with Crippen LogP contribution in [0.3, 0.4) is 0 Å². The van der Waals surface area contributed by atoms with Crippen molar-refractivity contribution in [3.63, 3.8) is 0 Å². The van der Waals surface area contributed by atoms with Gasteiger partial charge in [-0.25, -0.2) is 0 Å². The molecule has 2 atom stereocenters. The van der Waals surface area contributed by atoms with E-state index in [0.29, 0.717) is 31.2 Å². The van der Waals surface area contributed by atoms with E-state index in [0.717, 1.165) is 0 Å². The second kappa shape index (κ2) is 4.56. The molecule has 0 radical (unpaired) electrons. The summed E-state index contributed by atoms with van der Waals surface area (Å²) >= 11 is 0. The van der Waals surface area contributed by atoms with Crippen LogP contribution in [0.25, 0.3) is 0 Å². The van der Waals surface area contributed by atoms with Gasteiger partial charge in [0.25, 0.3) is 0 Å². The van der Waals surface area contributed by atoms with E-state index in [9.17, 15) is 15.2 Å². The topological polar surface area (TPSA) is 84.4 Å². The number of aromatic nitrogens is 2. The molecular weight excluding hydrogens is 236 g/mol. The van der Waals surface area contributed by atoms with E-state index in [-0.39, 0.29) is 17.8 Å². The zero-order valence-corrected chi connectivity index (χ0v) is 10.8.